The third kappa shape index (κ3) is 2.79. The smallest absolute Gasteiger partial charge is 0.0602 e. The summed E-state index contributed by atoms with van der Waals surface area (Å²) in [6, 6.07) is 6.80. The van der Waals surface area contributed by atoms with Crippen molar-refractivity contribution in [2.75, 3.05) is 6.54 Å². The molecule has 3 heteroatoms. The number of hydrogen-bond donors (Lipinski definition) is 1. The van der Waals surface area contributed by atoms with E-state index >= 15 is 0 Å². The van der Waals surface area contributed by atoms with Crippen LogP contribution in [-0.2, 0) is 0 Å². The second-order valence-electron chi connectivity index (χ2n) is 4.61. The molecule has 18 heavy (non-hydrogen) atoms. The number of rotatable bonds is 4. The molecular formula is C15H20N2S. The van der Waals surface area contributed by atoms with Gasteiger partial charge in [0.1, 0.15) is 0 Å². The van der Waals surface area contributed by atoms with E-state index in [0.717, 1.165) is 17.9 Å². The number of pyridine rings is 1. The van der Waals surface area contributed by atoms with Crippen molar-refractivity contribution in [1.82, 2.24) is 10.3 Å². The highest BCUT2D eigenvalue weighted by Crippen LogP contribution is 2.27. The van der Waals surface area contributed by atoms with Crippen LogP contribution < -0.4 is 5.32 Å². The average Bonchev–Trinajstić information content (AvgIpc) is 2.73. The summed E-state index contributed by atoms with van der Waals surface area (Å²) in [4.78, 5) is 5.92. The van der Waals surface area contributed by atoms with E-state index < -0.39 is 0 Å². The summed E-state index contributed by atoms with van der Waals surface area (Å²) >= 11 is 1.80. The van der Waals surface area contributed by atoms with Crippen molar-refractivity contribution in [2.24, 2.45) is 0 Å². The van der Waals surface area contributed by atoms with Gasteiger partial charge in [-0.25, -0.2) is 0 Å². The maximum Gasteiger partial charge on any atom is 0.0602 e. The Morgan fingerprint density at radius 3 is 2.61 bits per heavy atom. The fourth-order valence-electron chi connectivity index (χ4n) is 2.23. The standard InChI is InChI=1S/C15H20N2S/c1-5-16-15(13-8-11(3)18-9-13)14-7-6-10(2)17-12(14)4/h6-9,15-16H,5H2,1-4H3. The predicted molar refractivity (Wildman–Crippen MR) is 78.3 cm³/mol. The van der Waals surface area contributed by atoms with E-state index in [4.69, 9.17) is 0 Å². The van der Waals surface area contributed by atoms with E-state index in [1.54, 1.807) is 11.3 Å². The van der Waals surface area contributed by atoms with Gasteiger partial charge in [0, 0.05) is 16.3 Å². The molecule has 2 nitrogen and oxygen atoms in total. The molecule has 1 atom stereocenters. The summed E-state index contributed by atoms with van der Waals surface area (Å²) in [7, 11) is 0. The first-order valence-corrected chi connectivity index (χ1v) is 7.22. The van der Waals surface area contributed by atoms with Gasteiger partial charge in [-0.15, -0.1) is 11.3 Å². The highest BCUT2D eigenvalue weighted by Gasteiger charge is 2.16. The maximum atomic E-state index is 4.57. The van der Waals surface area contributed by atoms with Crippen molar-refractivity contribution in [3.05, 3.63) is 51.0 Å². The van der Waals surface area contributed by atoms with Crippen LogP contribution >= 0.6 is 11.3 Å². The summed E-state index contributed by atoms with van der Waals surface area (Å²) < 4.78 is 0. The maximum absolute atomic E-state index is 4.57. The van der Waals surface area contributed by atoms with E-state index in [9.17, 15) is 0 Å². The lowest BCUT2D eigenvalue weighted by molar-refractivity contribution is 0.626. The molecule has 2 aromatic heterocycles. The first-order chi connectivity index (χ1) is 8.61. The Bertz CT molecular complexity index is 531. The second kappa shape index (κ2) is 5.63. The molecule has 2 rings (SSSR count). The van der Waals surface area contributed by atoms with Crippen LogP contribution in [0.25, 0.3) is 0 Å². The highest BCUT2D eigenvalue weighted by atomic mass is 32.1. The van der Waals surface area contributed by atoms with Crippen LogP contribution in [0.2, 0.25) is 0 Å². The number of aryl methyl sites for hydroxylation is 3. The number of nitrogens with one attached hydrogen (secondary N) is 1. The molecule has 2 aromatic rings. The van der Waals surface area contributed by atoms with E-state index in [2.05, 4.69) is 54.7 Å². The third-order valence-electron chi connectivity index (χ3n) is 3.07. The Balaban J connectivity index is 2.41. The zero-order chi connectivity index (χ0) is 13.1. The molecule has 1 N–H and O–H groups in total. The van der Waals surface area contributed by atoms with Crippen LogP contribution in [0.4, 0.5) is 0 Å². The molecule has 0 aliphatic heterocycles. The molecule has 0 bridgehead atoms. The van der Waals surface area contributed by atoms with Gasteiger partial charge >= 0.3 is 0 Å². The van der Waals surface area contributed by atoms with Crippen LogP contribution in [0, 0.1) is 20.8 Å². The molecule has 0 fully saturated rings. The van der Waals surface area contributed by atoms with E-state index in [-0.39, 0.29) is 6.04 Å². The Kier molecular flexibility index (Phi) is 4.15. The minimum absolute atomic E-state index is 0.257. The average molecular weight is 260 g/mol. The van der Waals surface area contributed by atoms with Crippen LogP contribution in [0.15, 0.2) is 23.6 Å². The van der Waals surface area contributed by atoms with Crippen molar-refractivity contribution in [2.45, 2.75) is 33.7 Å². The van der Waals surface area contributed by atoms with E-state index in [1.165, 1.54) is 16.0 Å². The van der Waals surface area contributed by atoms with Gasteiger partial charge in [-0.2, -0.15) is 0 Å². The minimum atomic E-state index is 0.257. The van der Waals surface area contributed by atoms with Gasteiger partial charge in [0.05, 0.1) is 6.04 Å². The van der Waals surface area contributed by atoms with Crippen LogP contribution in [0.3, 0.4) is 0 Å². The largest absolute Gasteiger partial charge is 0.306 e. The molecular weight excluding hydrogens is 240 g/mol. The van der Waals surface area contributed by atoms with Crippen LogP contribution in [0.1, 0.15) is 40.4 Å². The molecule has 0 amide bonds. The molecule has 0 radical (unpaired) electrons. The molecule has 96 valence electrons. The number of hydrogen-bond acceptors (Lipinski definition) is 3. The Morgan fingerprint density at radius 2 is 2.06 bits per heavy atom. The molecule has 0 aliphatic carbocycles. The monoisotopic (exact) mass is 260 g/mol. The topological polar surface area (TPSA) is 24.9 Å². The molecule has 0 aliphatic rings. The zero-order valence-electron chi connectivity index (χ0n) is 11.4. The Morgan fingerprint density at radius 1 is 1.28 bits per heavy atom. The van der Waals surface area contributed by atoms with Crippen molar-refractivity contribution in [3.63, 3.8) is 0 Å². The summed E-state index contributed by atoms with van der Waals surface area (Å²) in [5.41, 5.74) is 4.81. The molecule has 0 saturated carbocycles. The Labute approximate surface area is 113 Å². The van der Waals surface area contributed by atoms with Gasteiger partial charge < -0.3 is 5.32 Å². The van der Waals surface area contributed by atoms with Crippen molar-refractivity contribution in [3.8, 4) is 0 Å². The summed E-state index contributed by atoms with van der Waals surface area (Å²) in [6.07, 6.45) is 0. The third-order valence-corrected chi connectivity index (χ3v) is 3.95. The highest BCUT2D eigenvalue weighted by molar-refractivity contribution is 7.10. The molecule has 0 aromatic carbocycles. The first-order valence-electron chi connectivity index (χ1n) is 6.34. The summed E-state index contributed by atoms with van der Waals surface area (Å²) in [6.45, 7) is 9.37. The van der Waals surface area contributed by atoms with Gasteiger partial charge in [0.15, 0.2) is 0 Å². The number of thiophene rings is 1. The lowest BCUT2D eigenvalue weighted by atomic mass is 9.99. The summed E-state index contributed by atoms with van der Waals surface area (Å²) in [5, 5.41) is 5.79. The quantitative estimate of drug-likeness (QED) is 0.905. The van der Waals surface area contributed by atoms with E-state index in [1.807, 2.05) is 6.92 Å². The zero-order valence-corrected chi connectivity index (χ0v) is 12.3. The number of aromatic nitrogens is 1. The second-order valence-corrected chi connectivity index (χ2v) is 5.72. The predicted octanol–water partition coefficient (Wildman–Crippen LogP) is 3.77. The van der Waals surface area contributed by atoms with Gasteiger partial charge in [0.25, 0.3) is 0 Å². The summed E-state index contributed by atoms with van der Waals surface area (Å²) in [5.74, 6) is 0. The fourth-order valence-corrected chi connectivity index (χ4v) is 2.96. The molecule has 2 heterocycles. The van der Waals surface area contributed by atoms with Gasteiger partial charge in [0.2, 0.25) is 0 Å². The van der Waals surface area contributed by atoms with Crippen molar-refractivity contribution in [1.29, 1.82) is 0 Å². The molecule has 0 spiro atoms. The first kappa shape index (κ1) is 13.2. The Hall–Kier alpha value is -1.19. The molecule has 1 unspecified atom stereocenters. The van der Waals surface area contributed by atoms with Crippen LogP contribution in [0.5, 0.6) is 0 Å². The number of nitrogens with zero attached hydrogens (tertiary/aromatic N) is 1. The van der Waals surface area contributed by atoms with Crippen molar-refractivity contribution < 1.29 is 0 Å². The van der Waals surface area contributed by atoms with Gasteiger partial charge in [-0.1, -0.05) is 13.0 Å². The SMILES string of the molecule is CCNC(c1csc(C)c1)c1ccc(C)nc1C. The lowest BCUT2D eigenvalue weighted by Crippen LogP contribution is -2.22. The van der Waals surface area contributed by atoms with Crippen molar-refractivity contribution >= 4 is 11.3 Å². The van der Waals surface area contributed by atoms with Gasteiger partial charge in [-0.3, -0.25) is 4.98 Å². The fraction of sp³-hybridized carbons (Fsp3) is 0.400. The normalized spacial score (nSPS) is 12.7. The molecule has 0 saturated heterocycles. The lowest BCUT2D eigenvalue weighted by Gasteiger charge is -2.19. The van der Waals surface area contributed by atoms with Crippen LogP contribution in [-0.4, -0.2) is 11.5 Å². The van der Waals surface area contributed by atoms with Gasteiger partial charge in [-0.05, 0) is 56.0 Å². The van der Waals surface area contributed by atoms with E-state index in [0.29, 0.717) is 0 Å². The minimum Gasteiger partial charge on any atom is -0.306 e.